The van der Waals surface area contributed by atoms with Crippen molar-refractivity contribution in [3.8, 4) is 0 Å². The molecule has 1 aromatic heterocycles. The van der Waals surface area contributed by atoms with Crippen LogP contribution in [-0.2, 0) is 4.74 Å². The molecule has 0 aliphatic heterocycles. The standard InChI is InChI=1S/C11H7Cl2N3O3S/c1-19-10(18)6-4-5(12)2-3-7(6)14-8(17)9-15-16-11(13)20-9/h2-4H,1H3,(H,14,17). The summed E-state index contributed by atoms with van der Waals surface area (Å²) in [5.41, 5.74) is 0.404. The lowest BCUT2D eigenvalue weighted by Gasteiger charge is -2.08. The third-order valence-electron chi connectivity index (χ3n) is 2.23. The number of amides is 1. The summed E-state index contributed by atoms with van der Waals surface area (Å²) in [5.74, 6) is -1.14. The van der Waals surface area contributed by atoms with Crippen molar-refractivity contribution in [1.82, 2.24) is 10.2 Å². The molecule has 0 atom stereocenters. The Kier molecular flexibility index (Phi) is 4.53. The van der Waals surface area contributed by atoms with Crippen LogP contribution in [0.25, 0.3) is 0 Å². The van der Waals surface area contributed by atoms with E-state index < -0.39 is 11.9 Å². The molecule has 0 bridgehead atoms. The summed E-state index contributed by atoms with van der Waals surface area (Å²) >= 11 is 12.3. The molecular weight excluding hydrogens is 325 g/mol. The summed E-state index contributed by atoms with van der Waals surface area (Å²) in [6.45, 7) is 0. The third kappa shape index (κ3) is 3.24. The van der Waals surface area contributed by atoms with Crippen LogP contribution in [0.2, 0.25) is 9.49 Å². The maximum atomic E-state index is 11.9. The van der Waals surface area contributed by atoms with Crippen molar-refractivity contribution in [2.24, 2.45) is 0 Å². The number of anilines is 1. The van der Waals surface area contributed by atoms with E-state index in [9.17, 15) is 9.59 Å². The highest BCUT2D eigenvalue weighted by Gasteiger charge is 2.17. The second-order valence-corrected chi connectivity index (χ2v) is 5.49. The van der Waals surface area contributed by atoms with Gasteiger partial charge in [-0.3, -0.25) is 4.79 Å². The van der Waals surface area contributed by atoms with E-state index in [1.807, 2.05) is 0 Å². The first-order chi connectivity index (χ1) is 9.51. The van der Waals surface area contributed by atoms with Crippen LogP contribution in [0.1, 0.15) is 20.2 Å². The summed E-state index contributed by atoms with van der Waals surface area (Å²) in [7, 11) is 1.24. The van der Waals surface area contributed by atoms with E-state index in [1.54, 1.807) is 0 Å². The number of nitrogens with one attached hydrogen (secondary N) is 1. The fourth-order valence-electron chi connectivity index (χ4n) is 1.38. The first-order valence-corrected chi connectivity index (χ1v) is 6.76. The number of methoxy groups -OCH3 is 1. The molecule has 0 aliphatic rings. The van der Waals surface area contributed by atoms with Gasteiger partial charge in [-0.1, -0.05) is 22.9 Å². The van der Waals surface area contributed by atoms with Crippen LogP contribution in [0.4, 0.5) is 5.69 Å². The number of hydrogen-bond donors (Lipinski definition) is 1. The highest BCUT2D eigenvalue weighted by Crippen LogP contribution is 2.23. The number of carbonyl (C=O) groups excluding carboxylic acids is 2. The Labute approximate surface area is 127 Å². The number of esters is 1. The number of rotatable bonds is 3. The Balaban J connectivity index is 2.29. The lowest BCUT2D eigenvalue weighted by molar-refractivity contribution is 0.0602. The van der Waals surface area contributed by atoms with Crippen molar-refractivity contribution < 1.29 is 14.3 Å². The molecule has 0 saturated carbocycles. The number of ether oxygens (including phenoxy) is 1. The third-order valence-corrected chi connectivity index (χ3v) is 3.48. The zero-order valence-electron chi connectivity index (χ0n) is 10.0. The van der Waals surface area contributed by atoms with Gasteiger partial charge in [0.15, 0.2) is 0 Å². The number of carbonyl (C=O) groups is 2. The van der Waals surface area contributed by atoms with Crippen molar-refractivity contribution >= 4 is 52.1 Å². The molecule has 0 unspecified atom stereocenters. The SMILES string of the molecule is COC(=O)c1cc(Cl)ccc1NC(=O)c1nnc(Cl)s1. The summed E-state index contributed by atoms with van der Waals surface area (Å²) in [6, 6.07) is 4.43. The van der Waals surface area contributed by atoms with E-state index in [0.29, 0.717) is 5.02 Å². The summed E-state index contributed by atoms with van der Waals surface area (Å²) in [5, 5.41) is 10.1. The topological polar surface area (TPSA) is 81.2 Å². The van der Waals surface area contributed by atoms with Gasteiger partial charge >= 0.3 is 5.97 Å². The van der Waals surface area contributed by atoms with Crippen molar-refractivity contribution in [3.05, 3.63) is 38.3 Å². The van der Waals surface area contributed by atoms with Gasteiger partial charge in [-0.15, -0.1) is 10.2 Å². The Morgan fingerprint density at radius 3 is 2.65 bits per heavy atom. The largest absolute Gasteiger partial charge is 0.465 e. The molecule has 0 spiro atoms. The van der Waals surface area contributed by atoms with Crippen molar-refractivity contribution in [1.29, 1.82) is 0 Å². The van der Waals surface area contributed by atoms with Crippen LogP contribution in [0.3, 0.4) is 0 Å². The van der Waals surface area contributed by atoms with E-state index in [2.05, 4.69) is 20.3 Å². The van der Waals surface area contributed by atoms with Crippen LogP contribution in [-0.4, -0.2) is 29.2 Å². The maximum Gasteiger partial charge on any atom is 0.340 e. The van der Waals surface area contributed by atoms with Gasteiger partial charge in [0.25, 0.3) is 5.91 Å². The maximum absolute atomic E-state index is 11.9. The molecule has 0 aliphatic carbocycles. The van der Waals surface area contributed by atoms with Gasteiger partial charge in [-0.05, 0) is 29.8 Å². The minimum atomic E-state index is -0.613. The molecule has 1 N–H and O–H groups in total. The summed E-state index contributed by atoms with van der Waals surface area (Å²) in [4.78, 5) is 23.6. The normalized spacial score (nSPS) is 10.2. The van der Waals surface area contributed by atoms with Crippen LogP contribution in [0.5, 0.6) is 0 Å². The quantitative estimate of drug-likeness (QED) is 0.874. The van der Waals surface area contributed by atoms with E-state index in [-0.39, 0.29) is 20.7 Å². The second-order valence-electron chi connectivity index (χ2n) is 3.50. The van der Waals surface area contributed by atoms with Gasteiger partial charge in [0.05, 0.1) is 18.4 Å². The lowest BCUT2D eigenvalue weighted by Crippen LogP contribution is -2.15. The monoisotopic (exact) mass is 331 g/mol. The van der Waals surface area contributed by atoms with Crippen LogP contribution >= 0.6 is 34.5 Å². The predicted octanol–water partition coefficient (Wildman–Crippen LogP) is 2.88. The average molecular weight is 332 g/mol. The lowest BCUT2D eigenvalue weighted by atomic mass is 10.2. The molecule has 0 fully saturated rings. The number of benzene rings is 1. The first kappa shape index (κ1) is 14.7. The smallest absolute Gasteiger partial charge is 0.340 e. The molecule has 1 amide bonds. The zero-order valence-corrected chi connectivity index (χ0v) is 12.3. The molecular formula is C11H7Cl2N3O3S. The Morgan fingerprint density at radius 1 is 1.30 bits per heavy atom. The average Bonchev–Trinajstić information content (AvgIpc) is 2.86. The van der Waals surface area contributed by atoms with Gasteiger partial charge in [0, 0.05) is 5.02 Å². The molecule has 0 saturated heterocycles. The van der Waals surface area contributed by atoms with Crippen LogP contribution < -0.4 is 5.32 Å². The van der Waals surface area contributed by atoms with E-state index in [1.165, 1.54) is 25.3 Å². The molecule has 2 rings (SSSR count). The molecule has 104 valence electrons. The first-order valence-electron chi connectivity index (χ1n) is 5.19. The van der Waals surface area contributed by atoms with Gasteiger partial charge in [0.2, 0.25) is 9.47 Å². The number of aromatic nitrogens is 2. The van der Waals surface area contributed by atoms with Gasteiger partial charge in [0.1, 0.15) is 0 Å². The van der Waals surface area contributed by atoms with Crippen molar-refractivity contribution in [2.45, 2.75) is 0 Å². The zero-order chi connectivity index (χ0) is 14.7. The van der Waals surface area contributed by atoms with Crippen molar-refractivity contribution in [2.75, 3.05) is 12.4 Å². The molecule has 20 heavy (non-hydrogen) atoms. The molecule has 9 heteroatoms. The van der Waals surface area contributed by atoms with Crippen molar-refractivity contribution in [3.63, 3.8) is 0 Å². The number of nitrogens with zero attached hydrogens (tertiary/aromatic N) is 2. The van der Waals surface area contributed by atoms with E-state index in [4.69, 9.17) is 23.2 Å². The molecule has 6 nitrogen and oxygen atoms in total. The number of halogens is 2. The Morgan fingerprint density at radius 2 is 2.05 bits per heavy atom. The molecule has 2 aromatic rings. The minimum Gasteiger partial charge on any atom is -0.465 e. The van der Waals surface area contributed by atoms with Gasteiger partial charge in [-0.25, -0.2) is 4.79 Å². The molecule has 1 aromatic carbocycles. The highest BCUT2D eigenvalue weighted by atomic mass is 35.5. The fourth-order valence-corrected chi connectivity index (χ4v) is 2.27. The van der Waals surface area contributed by atoms with Crippen LogP contribution in [0.15, 0.2) is 18.2 Å². The van der Waals surface area contributed by atoms with Crippen LogP contribution in [0, 0.1) is 0 Å². The molecule has 0 radical (unpaired) electrons. The Hall–Kier alpha value is -1.70. The second kappa shape index (κ2) is 6.17. The number of hydrogen-bond acceptors (Lipinski definition) is 6. The van der Waals surface area contributed by atoms with E-state index in [0.717, 1.165) is 11.3 Å². The predicted molar refractivity (Wildman–Crippen MR) is 75.7 cm³/mol. The summed E-state index contributed by atoms with van der Waals surface area (Å²) in [6.07, 6.45) is 0. The minimum absolute atomic E-state index is 0.0840. The highest BCUT2D eigenvalue weighted by molar-refractivity contribution is 7.17. The summed E-state index contributed by atoms with van der Waals surface area (Å²) < 4.78 is 4.78. The van der Waals surface area contributed by atoms with E-state index >= 15 is 0 Å². The van der Waals surface area contributed by atoms with Gasteiger partial charge < -0.3 is 10.1 Å². The molecule has 1 heterocycles. The Bertz CT molecular complexity index is 675. The van der Waals surface area contributed by atoms with Gasteiger partial charge in [-0.2, -0.15) is 0 Å². The fraction of sp³-hybridized carbons (Fsp3) is 0.0909.